The van der Waals surface area contributed by atoms with Crippen molar-refractivity contribution in [2.45, 2.75) is 59.9 Å². The summed E-state index contributed by atoms with van der Waals surface area (Å²) in [6.45, 7) is 11.6. The molecule has 1 saturated carbocycles. The molecule has 1 aromatic carbocycles. The van der Waals surface area contributed by atoms with Gasteiger partial charge in [0.25, 0.3) is 0 Å². The van der Waals surface area contributed by atoms with Crippen LogP contribution in [0.2, 0.25) is 0 Å². The molecule has 0 aromatic heterocycles. The molecule has 112 valence electrons. The molecule has 0 saturated heterocycles. The lowest BCUT2D eigenvalue weighted by Gasteiger charge is -2.37. The second-order valence-corrected chi connectivity index (χ2v) is 7.64. The van der Waals surface area contributed by atoms with Gasteiger partial charge in [-0.3, -0.25) is 0 Å². The Bertz CT molecular complexity index is 408. The van der Waals surface area contributed by atoms with Gasteiger partial charge in [-0.1, -0.05) is 45.0 Å². The first-order chi connectivity index (χ1) is 9.47. The SMILES string of the molecule is Cc1ccccc1CNCC1CCC(C(C)(C)C)CC1. The molecule has 1 heteroatoms. The van der Waals surface area contributed by atoms with E-state index in [1.165, 1.54) is 43.4 Å². The molecule has 1 aromatic rings. The highest BCUT2D eigenvalue weighted by Crippen LogP contribution is 2.39. The summed E-state index contributed by atoms with van der Waals surface area (Å²) in [5, 5.41) is 3.67. The molecule has 0 bridgehead atoms. The van der Waals surface area contributed by atoms with E-state index in [2.05, 4.69) is 57.3 Å². The zero-order valence-electron chi connectivity index (χ0n) is 13.7. The number of hydrogen-bond acceptors (Lipinski definition) is 1. The van der Waals surface area contributed by atoms with Crippen LogP contribution in [0.1, 0.15) is 57.6 Å². The predicted octanol–water partition coefficient (Wildman–Crippen LogP) is 4.94. The van der Waals surface area contributed by atoms with E-state index < -0.39 is 0 Å². The van der Waals surface area contributed by atoms with Crippen LogP contribution in [0.5, 0.6) is 0 Å². The van der Waals surface area contributed by atoms with Crippen LogP contribution in [0, 0.1) is 24.2 Å². The lowest BCUT2D eigenvalue weighted by Crippen LogP contribution is -2.30. The molecule has 1 N–H and O–H groups in total. The van der Waals surface area contributed by atoms with Crippen LogP contribution in [0.25, 0.3) is 0 Å². The number of nitrogens with one attached hydrogen (secondary N) is 1. The summed E-state index contributed by atoms with van der Waals surface area (Å²) < 4.78 is 0. The van der Waals surface area contributed by atoms with E-state index >= 15 is 0 Å². The van der Waals surface area contributed by atoms with Gasteiger partial charge in [-0.05, 0) is 67.5 Å². The monoisotopic (exact) mass is 273 g/mol. The quantitative estimate of drug-likeness (QED) is 0.819. The molecule has 0 unspecified atom stereocenters. The fourth-order valence-electron chi connectivity index (χ4n) is 3.45. The molecule has 0 heterocycles. The van der Waals surface area contributed by atoms with Gasteiger partial charge >= 0.3 is 0 Å². The van der Waals surface area contributed by atoms with Gasteiger partial charge in [0, 0.05) is 6.54 Å². The number of hydrogen-bond donors (Lipinski definition) is 1. The Labute approximate surface area is 125 Å². The summed E-state index contributed by atoms with van der Waals surface area (Å²) in [4.78, 5) is 0. The molecule has 20 heavy (non-hydrogen) atoms. The number of aryl methyl sites for hydroxylation is 1. The van der Waals surface area contributed by atoms with Crippen molar-refractivity contribution >= 4 is 0 Å². The van der Waals surface area contributed by atoms with Gasteiger partial charge in [-0.2, -0.15) is 0 Å². The maximum atomic E-state index is 3.67. The normalized spacial score (nSPS) is 23.8. The Morgan fingerprint density at radius 1 is 1.05 bits per heavy atom. The van der Waals surface area contributed by atoms with Gasteiger partial charge in [0.05, 0.1) is 0 Å². The van der Waals surface area contributed by atoms with E-state index in [4.69, 9.17) is 0 Å². The van der Waals surface area contributed by atoms with E-state index in [0.29, 0.717) is 5.41 Å². The van der Waals surface area contributed by atoms with Crippen LogP contribution in [0.4, 0.5) is 0 Å². The zero-order valence-corrected chi connectivity index (χ0v) is 13.7. The van der Waals surface area contributed by atoms with E-state index in [0.717, 1.165) is 18.4 Å². The minimum atomic E-state index is 0.500. The summed E-state index contributed by atoms with van der Waals surface area (Å²) in [5.41, 5.74) is 3.34. The Kier molecular flexibility index (Phi) is 5.26. The van der Waals surface area contributed by atoms with Crippen LogP contribution in [0.3, 0.4) is 0 Å². The van der Waals surface area contributed by atoms with Crippen molar-refractivity contribution in [2.75, 3.05) is 6.54 Å². The molecule has 1 aliphatic rings. The van der Waals surface area contributed by atoms with Crippen LogP contribution in [-0.2, 0) is 6.54 Å². The molecule has 0 amide bonds. The van der Waals surface area contributed by atoms with Crippen molar-refractivity contribution < 1.29 is 0 Å². The number of rotatable bonds is 4. The molecule has 0 aliphatic heterocycles. The molecule has 1 aliphatic carbocycles. The van der Waals surface area contributed by atoms with Gasteiger partial charge in [-0.25, -0.2) is 0 Å². The van der Waals surface area contributed by atoms with Crippen LogP contribution < -0.4 is 5.32 Å². The van der Waals surface area contributed by atoms with Gasteiger partial charge in [-0.15, -0.1) is 0 Å². The third-order valence-corrected chi connectivity index (χ3v) is 5.08. The Hall–Kier alpha value is -0.820. The first kappa shape index (κ1) is 15.6. The van der Waals surface area contributed by atoms with Crippen molar-refractivity contribution in [1.82, 2.24) is 5.32 Å². The highest BCUT2D eigenvalue weighted by Gasteiger charge is 2.29. The van der Waals surface area contributed by atoms with E-state index in [-0.39, 0.29) is 0 Å². The summed E-state index contributed by atoms with van der Waals surface area (Å²) in [6, 6.07) is 8.69. The van der Waals surface area contributed by atoms with E-state index in [1.807, 2.05) is 0 Å². The topological polar surface area (TPSA) is 12.0 Å². The first-order valence-electron chi connectivity index (χ1n) is 8.22. The Morgan fingerprint density at radius 3 is 2.30 bits per heavy atom. The molecule has 0 spiro atoms. The Morgan fingerprint density at radius 2 is 1.70 bits per heavy atom. The van der Waals surface area contributed by atoms with Crippen molar-refractivity contribution in [3.05, 3.63) is 35.4 Å². The largest absolute Gasteiger partial charge is 0.312 e. The molecular weight excluding hydrogens is 242 g/mol. The molecular formula is C19H31N. The second kappa shape index (κ2) is 6.76. The highest BCUT2D eigenvalue weighted by molar-refractivity contribution is 5.25. The zero-order chi connectivity index (χ0) is 14.6. The summed E-state index contributed by atoms with van der Waals surface area (Å²) >= 11 is 0. The molecule has 0 radical (unpaired) electrons. The average Bonchev–Trinajstić information content (AvgIpc) is 2.40. The van der Waals surface area contributed by atoms with Gasteiger partial charge in [0.2, 0.25) is 0 Å². The maximum Gasteiger partial charge on any atom is 0.0208 e. The third kappa shape index (κ3) is 4.34. The van der Waals surface area contributed by atoms with Crippen molar-refractivity contribution in [2.24, 2.45) is 17.3 Å². The highest BCUT2D eigenvalue weighted by atomic mass is 14.9. The summed E-state index contributed by atoms with van der Waals surface area (Å²) in [7, 11) is 0. The fraction of sp³-hybridized carbons (Fsp3) is 0.684. The van der Waals surface area contributed by atoms with Gasteiger partial charge in [0.15, 0.2) is 0 Å². The Balaban J connectivity index is 1.71. The standard InChI is InChI=1S/C19H31N/c1-15-7-5-6-8-17(15)14-20-13-16-9-11-18(12-10-16)19(2,3)4/h5-8,16,18,20H,9-14H2,1-4H3. The second-order valence-electron chi connectivity index (χ2n) is 7.64. The lowest BCUT2D eigenvalue weighted by atomic mass is 9.70. The minimum absolute atomic E-state index is 0.500. The fourth-order valence-corrected chi connectivity index (χ4v) is 3.45. The van der Waals surface area contributed by atoms with E-state index in [9.17, 15) is 0 Å². The minimum Gasteiger partial charge on any atom is -0.312 e. The van der Waals surface area contributed by atoms with Crippen molar-refractivity contribution in [3.63, 3.8) is 0 Å². The molecule has 2 rings (SSSR count). The molecule has 0 atom stereocenters. The van der Waals surface area contributed by atoms with E-state index in [1.54, 1.807) is 0 Å². The van der Waals surface area contributed by atoms with Gasteiger partial charge in [0.1, 0.15) is 0 Å². The van der Waals surface area contributed by atoms with Crippen LogP contribution in [-0.4, -0.2) is 6.54 Å². The molecule has 1 nitrogen and oxygen atoms in total. The van der Waals surface area contributed by atoms with Crippen LogP contribution >= 0.6 is 0 Å². The predicted molar refractivity (Wildman–Crippen MR) is 87.8 cm³/mol. The third-order valence-electron chi connectivity index (χ3n) is 5.08. The van der Waals surface area contributed by atoms with Gasteiger partial charge < -0.3 is 5.32 Å². The first-order valence-corrected chi connectivity index (χ1v) is 8.22. The average molecular weight is 273 g/mol. The summed E-state index contributed by atoms with van der Waals surface area (Å²) in [5.74, 6) is 1.81. The maximum absolute atomic E-state index is 3.67. The van der Waals surface area contributed by atoms with Crippen molar-refractivity contribution in [1.29, 1.82) is 0 Å². The smallest absolute Gasteiger partial charge is 0.0208 e. The molecule has 1 fully saturated rings. The lowest BCUT2D eigenvalue weighted by molar-refractivity contribution is 0.149. The number of benzene rings is 1. The summed E-state index contributed by atoms with van der Waals surface area (Å²) in [6.07, 6.45) is 5.64. The van der Waals surface area contributed by atoms with Crippen molar-refractivity contribution in [3.8, 4) is 0 Å². The van der Waals surface area contributed by atoms with Crippen LogP contribution in [0.15, 0.2) is 24.3 Å².